The van der Waals surface area contributed by atoms with Crippen LogP contribution in [-0.4, -0.2) is 18.2 Å². The fourth-order valence-electron chi connectivity index (χ4n) is 3.74. The summed E-state index contributed by atoms with van der Waals surface area (Å²) in [5, 5.41) is 4.56. The van der Waals surface area contributed by atoms with Gasteiger partial charge in [0.15, 0.2) is 6.29 Å². The molecule has 2 aliphatic rings. The van der Waals surface area contributed by atoms with E-state index in [9.17, 15) is 4.39 Å². The SMILES string of the molecule is [C-]#[N+]c1cc2c(cc1F)[C@H](Nc1nccc3cc(C4OCCO4)sc13)CC2. The molecule has 0 bridgehead atoms. The van der Waals surface area contributed by atoms with Gasteiger partial charge in [0, 0.05) is 6.20 Å². The largest absolute Gasteiger partial charge is 0.362 e. The van der Waals surface area contributed by atoms with Crippen LogP contribution in [0.4, 0.5) is 15.9 Å². The number of rotatable bonds is 3. The molecule has 3 aromatic rings. The van der Waals surface area contributed by atoms with Crippen molar-refractivity contribution in [1.82, 2.24) is 4.98 Å². The van der Waals surface area contributed by atoms with Crippen molar-refractivity contribution in [3.05, 3.63) is 63.7 Å². The molecule has 3 heterocycles. The van der Waals surface area contributed by atoms with Gasteiger partial charge < -0.3 is 14.8 Å². The summed E-state index contributed by atoms with van der Waals surface area (Å²) in [6.07, 6.45) is 3.14. The molecule has 0 unspecified atom stereocenters. The summed E-state index contributed by atoms with van der Waals surface area (Å²) in [6.45, 7) is 8.30. The van der Waals surface area contributed by atoms with Crippen molar-refractivity contribution in [1.29, 1.82) is 0 Å². The number of aromatic nitrogens is 1. The minimum atomic E-state index is -0.461. The number of hydrogen-bond acceptors (Lipinski definition) is 5. The Hall–Kier alpha value is -2.53. The van der Waals surface area contributed by atoms with Gasteiger partial charge in [0.2, 0.25) is 5.69 Å². The lowest BCUT2D eigenvalue weighted by molar-refractivity contribution is -0.0412. The maximum Gasteiger partial charge on any atom is 0.222 e. The molecule has 1 aromatic carbocycles. The van der Waals surface area contributed by atoms with Gasteiger partial charge in [0.1, 0.15) is 11.6 Å². The van der Waals surface area contributed by atoms with Crippen molar-refractivity contribution < 1.29 is 13.9 Å². The number of aryl methyl sites for hydroxylation is 1. The van der Waals surface area contributed by atoms with Crippen molar-refractivity contribution in [3.63, 3.8) is 0 Å². The van der Waals surface area contributed by atoms with Gasteiger partial charge in [-0.15, -0.1) is 11.3 Å². The molecular formula is C20H16FN3O2S. The Bertz CT molecular complexity index is 1070. The first-order chi connectivity index (χ1) is 13.2. The van der Waals surface area contributed by atoms with Gasteiger partial charge in [0.05, 0.1) is 35.4 Å². The standard InChI is InChI=1S/C20H16FN3O2S/c1-22-16-8-11-2-3-15(13(11)10-14(16)21)24-19-18-12(4-5-23-19)9-17(27-18)20-25-6-7-26-20/h4-5,8-10,15,20H,2-3,6-7H2,(H,23,24)/t15-/m1/s1. The third-order valence-electron chi connectivity index (χ3n) is 5.02. The Morgan fingerprint density at radius 3 is 2.93 bits per heavy atom. The van der Waals surface area contributed by atoms with E-state index < -0.39 is 5.82 Å². The summed E-state index contributed by atoms with van der Waals surface area (Å²) >= 11 is 1.61. The van der Waals surface area contributed by atoms with E-state index >= 15 is 0 Å². The lowest BCUT2D eigenvalue weighted by Gasteiger charge is -2.15. The summed E-state index contributed by atoms with van der Waals surface area (Å²) in [5.74, 6) is 0.326. The molecule has 5 rings (SSSR count). The third kappa shape index (κ3) is 2.86. The molecule has 136 valence electrons. The van der Waals surface area contributed by atoms with Gasteiger partial charge in [-0.05, 0) is 48.1 Å². The molecule has 2 aromatic heterocycles. The van der Waals surface area contributed by atoms with Crippen molar-refractivity contribution in [2.75, 3.05) is 18.5 Å². The zero-order chi connectivity index (χ0) is 18.4. The van der Waals surface area contributed by atoms with Gasteiger partial charge in [-0.2, -0.15) is 0 Å². The maximum atomic E-state index is 14.1. The van der Waals surface area contributed by atoms with E-state index in [-0.39, 0.29) is 18.0 Å². The highest BCUT2D eigenvalue weighted by Gasteiger charge is 2.26. The number of ether oxygens (including phenoxy) is 2. The first-order valence-electron chi connectivity index (χ1n) is 8.81. The Morgan fingerprint density at radius 1 is 1.26 bits per heavy atom. The number of nitrogens with one attached hydrogen (secondary N) is 1. The van der Waals surface area contributed by atoms with Crippen LogP contribution >= 0.6 is 11.3 Å². The summed E-state index contributed by atoms with van der Waals surface area (Å²) in [5.41, 5.74) is 2.04. The highest BCUT2D eigenvalue weighted by Crippen LogP contribution is 2.41. The molecule has 0 spiro atoms. The smallest absolute Gasteiger partial charge is 0.222 e. The molecule has 0 amide bonds. The number of thiophene rings is 1. The van der Waals surface area contributed by atoms with Crippen LogP contribution in [0.15, 0.2) is 30.5 Å². The average Bonchev–Trinajstić information content (AvgIpc) is 3.41. The fourth-order valence-corrected chi connectivity index (χ4v) is 4.85. The zero-order valence-corrected chi connectivity index (χ0v) is 15.2. The molecule has 0 radical (unpaired) electrons. The van der Waals surface area contributed by atoms with E-state index in [0.29, 0.717) is 13.2 Å². The summed E-state index contributed by atoms with van der Waals surface area (Å²) < 4.78 is 26.4. The minimum absolute atomic E-state index is 0.0167. The number of pyridine rings is 1. The Labute approximate surface area is 159 Å². The van der Waals surface area contributed by atoms with Gasteiger partial charge in [0.25, 0.3) is 0 Å². The molecule has 1 saturated heterocycles. The second-order valence-electron chi connectivity index (χ2n) is 6.65. The van der Waals surface area contributed by atoms with Crippen LogP contribution in [0.2, 0.25) is 0 Å². The zero-order valence-electron chi connectivity index (χ0n) is 14.4. The molecule has 1 atom stereocenters. The van der Waals surface area contributed by atoms with Gasteiger partial charge >= 0.3 is 0 Å². The average molecular weight is 381 g/mol. The monoisotopic (exact) mass is 381 g/mol. The summed E-state index contributed by atoms with van der Waals surface area (Å²) in [4.78, 5) is 8.80. The summed E-state index contributed by atoms with van der Waals surface area (Å²) in [6, 6.07) is 7.20. The van der Waals surface area contributed by atoms with E-state index in [4.69, 9.17) is 16.0 Å². The number of hydrogen-bond donors (Lipinski definition) is 1. The highest BCUT2D eigenvalue weighted by atomic mass is 32.1. The molecule has 27 heavy (non-hydrogen) atoms. The fraction of sp³-hybridized carbons (Fsp3) is 0.300. The maximum absolute atomic E-state index is 14.1. The molecular weight excluding hydrogens is 365 g/mol. The quantitative estimate of drug-likeness (QED) is 0.639. The first kappa shape index (κ1) is 16.6. The van der Waals surface area contributed by atoms with E-state index in [0.717, 1.165) is 44.7 Å². The minimum Gasteiger partial charge on any atom is -0.362 e. The van der Waals surface area contributed by atoms with E-state index in [1.807, 2.05) is 6.07 Å². The van der Waals surface area contributed by atoms with Crippen molar-refractivity contribution in [3.8, 4) is 0 Å². The Balaban J connectivity index is 1.48. The molecule has 0 saturated carbocycles. The van der Waals surface area contributed by atoms with Crippen LogP contribution in [0.1, 0.15) is 34.8 Å². The molecule has 1 aliphatic carbocycles. The van der Waals surface area contributed by atoms with Crippen molar-refractivity contribution >= 4 is 32.9 Å². The van der Waals surface area contributed by atoms with Gasteiger partial charge in [-0.3, -0.25) is 0 Å². The first-order valence-corrected chi connectivity index (χ1v) is 9.62. The third-order valence-corrected chi connectivity index (χ3v) is 6.20. The van der Waals surface area contributed by atoms with Crippen LogP contribution in [0.25, 0.3) is 14.9 Å². The lowest BCUT2D eigenvalue weighted by Crippen LogP contribution is -2.08. The number of nitrogens with zero attached hydrogens (tertiary/aromatic N) is 2. The highest BCUT2D eigenvalue weighted by molar-refractivity contribution is 7.19. The van der Waals surface area contributed by atoms with E-state index in [2.05, 4.69) is 21.2 Å². The van der Waals surface area contributed by atoms with Crippen LogP contribution in [-0.2, 0) is 15.9 Å². The van der Waals surface area contributed by atoms with Crippen molar-refractivity contribution in [2.45, 2.75) is 25.2 Å². The topological polar surface area (TPSA) is 47.7 Å². The number of benzene rings is 1. The Kier molecular flexibility index (Phi) is 4.05. The normalized spacial score (nSPS) is 19.3. The van der Waals surface area contributed by atoms with Crippen LogP contribution in [0, 0.1) is 12.4 Å². The van der Waals surface area contributed by atoms with Crippen LogP contribution < -0.4 is 5.32 Å². The van der Waals surface area contributed by atoms with Gasteiger partial charge in [-0.25, -0.2) is 14.2 Å². The second kappa shape index (κ2) is 6.57. The molecule has 1 N–H and O–H groups in total. The van der Waals surface area contributed by atoms with Crippen LogP contribution in [0.5, 0.6) is 0 Å². The molecule has 1 aliphatic heterocycles. The predicted molar refractivity (Wildman–Crippen MR) is 102 cm³/mol. The van der Waals surface area contributed by atoms with Crippen molar-refractivity contribution in [2.24, 2.45) is 0 Å². The lowest BCUT2D eigenvalue weighted by atomic mass is 10.1. The predicted octanol–water partition coefficient (Wildman–Crippen LogP) is 5.13. The molecule has 5 nitrogen and oxygen atoms in total. The Morgan fingerprint density at radius 2 is 2.11 bits per heavy atom. The summed E-state index contributed by atoms with van der Waals surface area (Å²) in [7, 11) is 0. The van der Waals surface area contributed by atoms with E-state index in [1.54, 1.807) is 23.6 Å². The van der Waals surface area contributed by atoms with Crippen LogP contribution in [0.3, 0.4) is 0 Å². The number of fused-ring (bicyclic) bond motifs is 2. The molecule has 1 fully saturated rings. The van der Waals surface area contributed by atoms with E-state index in [1.165, 1.54) is 6.07 Å². The molecule has 7 heteroatoms. The number of halogens is 1. The second-order valence-corrected chi connectivity index (χ2v) is 7.73. The number of anilines is 1. The van der Waals surface area contributed by atoms with Gasteiger partial charge in [-0.1, -0.05) is 5.56 Å².